The molecule has 1 fully saturated rings. The standard InChI is InChI=1S/C15H21FN2O2/c16-13-8-7-11(10-14(13)17)18-15(19)6-3-9-20-12-4-1-2-5-12/h7-8,10,12H,1-6,9,17H2,(H,18,19). The van der Waals surface area contributed by atoms with Crippen LogP contribution >= 0.6 is 0 Å². The Kier molecular flexibility index (Phi) is 5.35. The maximum Gasteiger partial charge on any atom is 0.224 e. The summed E-state index contributed by atoms with van der Waals surface area (Å²) in [6.45, 7) is 0.615. The Bertz CT molecular complexity index is 459. The molecule has 0 bridgehead atoms. The van der Waals surface area contributed by atoms with Crippen LogP contribution in [0, 0.1) is 5.82 Å². The number of anilines is 2. The second-order valence-electron chi connectivity index (χ2n) is 5.17. The van der Waals surface area contributed by atoms with Gasteiger partial charge in [0, 0.05) is 18.7 Å². The quantitative estimate of drug-likeness (QED) is 0.621. The summed E-state index contributed by atoms with van der Waals surface area (Å²) in [5.74, 6) is -0.584. The van der Waals surface area contributed by atoms with Crippen molar-refractivity contribution < 1.29 is 13.9 Å². The van der Waals surface area contributed by atoms with Gasteiger partial charge in [-0.05, 0) is 37.5 Å². The van der Waals surface area contributed by atoms with Crippen LogP contribution in [0.5, 0.6) is 0 Å². The molecule has 1 aliphatic rings. The van der Waals surface area contributed by atoms with E-state index in [1.807, 2.05) is 0 Å². The lowest BCUT2D eigenvalue weighted by Crippen LogP contribution is -2.14. The molecule has 1 amide bonds. The summed E-state index contributed by atoms with van der Waals surface area (Å²) in [6, 6.07) is 4.16. The Balaban J connectivity index is 1.65. The summed E-state index contributed by atoms with van der Waals surface area (Å²) < 4.78 is 18.7. The molecule has 0 radical (unpaired) electrons. The third-order valence-electron chi connectivity index (χ3n) is 3.48. The summed E-state index contributed by atoms with van der Waals surface area (Å²) in [7, 11) is 0. The minimum Gasteiger partial charge on any atom is -0.396 e. The number of nitrogens with one attached hydrogen (secondary N) is 1. The van der Waals surface area contributed by atoms with E-state index in [0.29, 0.717) is 31.2 Å². The summed E-state index contributed by atoms with van der Waals surface area (Å²) in [5.41, 5.74) is 6.00. The van der Waals surface area contributed by atoms with Gasteiger partial charge < -0.3 is 15.8 Å². The van der Waals surface area contributed by atoms with Gasteiger partial charge in [0.1, 0.15) is 5.82 Å². The van der Waals surface area contributed by atoms with Crippen molar-refractivity contribution in [3.8, 4) is 0 Å². The van der Waals surface area contributed by atoms with Crippen LogP contribution in [0.25, 0.3) is 0 Å². The van der Waals surface area contributed by atoms with E-state index in [1.165, 1.54) is 31.0 Å². The Morgan fingerprint density at radius 2 is 2.15 bits per heavy atom. The molecule has 20 heavy (non-hydrogen) atoms. The molecule has 1 aliphatic carbocycles. The van der Waals surface area contributed by atoms with Gasteiger partial charge in [-0.25, -0.2) is 4.39 Å². The second kappa shape index (κ2) is 7.24. The molecule has 1 saturated carbocycles. The van der Waals surface area contributed by atoms with Crippen molar-refractivity contribution in [2.75, 3.05) is 17.7 Å². The molecule has 1 aromatic rings. The highest BCUT2D eigenvalue weighted by molar-refractivity contribution is 5.91. The number of benzene rings is 1. The molecule has 0 atom stereocenters. The first-order chi connectivity index (χ1) is 9.65. The molecule has 4 nitrogen and oxygen atoms in total. The van der Waals surface area contributed by atoms with Gasteiger partial charge in [-0.15, -0.1) is 0 Å². The van der Waals surface area contributed by atoms with Crippen molar-refractivity contribution in [3.63, 3.8) is 0 Å². The van der Waals surface area contributed by atoms with Crippen LogP contribution in [0.3, 0.4) is 0 Å². The van der Waals surface area contributed by atoms with Crippen molar-refractivity contribution in [2.45, 2.75) is 44.6 Å². The van der Waals surface area contributed by atoms with Crippen molar-refractivity contribution in [1.82, 2.24) is 0 Å². The van der Waals surface area contributed by atoms with E-state index in [-0.39, 0.29) is 11.6 Å². The maximum atomic E-state index is 13.0. The number of hydrogen-bond donors (Lipinski definition) is 2. The summed E-state index contributed by atoms with van der Waals surface area (Å²) >= 11 is 0. The monoisotopic (exact) mass is 280 g/mol. The van der Waals surface area contributed by atoms with Gasteiger partial charge >= 0.3 is 0 Å². The molecule has 2 rings (SSSR count). The number of nitrogen functional groups attached to an aromatic ring is 1. The largest absolute Gasteiger partial charge is 0.396 e. The topological polar surface area (TPSA) is 64.3 Å². The van der Waals surface area contributed by atoms with E-state index in [9.17, 15) is 9.18 Å². The first-order valence-electron chi connectivity index (χ1n) is 7.11. The van der Waals surface area contributed by atoms with Crippen LogP contribution < -0.4 is 11.1 Å². The van der Waals surface area contributed by atoms with Crippen molar-refractivity contribution in [3.05, 3.63) is 24.0 Å². The predicted octanol–water partition coefficient (Wildman–Crippen LogP) is 3.09. The molecule has 0 spiro atoms. The highest BCUT2D eigenvalue weighted by Gasteiger charge is 2.15. The van der Waals surface area contributed by atoms with Crippen LogP contribution in [-0.4, -0.2) is 18.6 Å². The van der Waals surface area contributed by atoms with Crippen molar-refractivity contribution in [1.29, 1.82) is 0 Å². The molecule has 0 aromatic heterocycles. The zero-order valence-electron chi connectivity index (χ0n) is 11.5. The number of carbonyl (C=O) groups is 1. The van der Waals surface area contributed by atoms with Gasteiger partial charge in [-0.1, -0.05) is 12.8 Å². The van der Waals surface area contributed by atoms with Crippen LogP contribution in [0.1, 0.15) is 38.5 Å². The molecule has 1 aromatic carbocycles. The van der Waals surface area contributed by atoms with E-state index < -0.39 is 5.82 Å². The Labute approximate surface area is 118 Å². The SMILES string of the molecule is Nc1cc(NC(=O)CCCOC2CCCC2)ccc1F. The van der Waals surface area contributed by atoms with E-state index in [4.69, 9.17) is 10.5 Å². The first kappa shape index (κ1) is 14.8. The molecular formula is C15H21FN2O2. The minimum absolute atomic E-state index is 0.0346. The fraction of sp³-hybridized carbons (Fsp3) is 0.533. The van der Waals surface area contributed by atoms with Gasteiger partial charge in [0.15, 0.2) is 0 Å². The molecular weight excluding hydrogens is 259 g/mol. The lowest BCUT2D eigenvalue weighted by molar-refractivity contribution is -0.116. The molecule has 3 N–H and O–H groups in total. The number of ether oxygens (including phenoxy) is 1. The third kappa shape index (κ3) is 4.49. The van der Waals surface area contributed by atoms with Crippen molar-refractivity contribution in [2.24, 2.45) is 0 Å². The molecule has 0 unspecified atom stereocenters. The van der Waals surface area contributed by atoms with Gasteiger partial charge in [0.25, 0.3) is 0 Å². The number of halogens is 1. The van der Waals surface area contributed by atoms with Gasteiger partial charge in [-0.2, -0.15) is 0 Å². The van der Waals surface area contributed by atoms with Crippen molar-refractivity contribution >= 4 is 17.3 Å². The Hall–Kier alpha value is -1.62. The number of rotatable bonds is 6. The molecule has 5 heteroatoms. The predicted molar refractivity (Wildman–Crippen MR) is 76.9 cm³/mol. The molecule has 0 saturated heterocycles. The van der Waals surface area contributed by atoms with Crippen LogP contribution in [0.2, 0.25) is 0 Å². The van der Waals surface area contributed by atoms with E-state index in [2.05, 4.69) is 5.32 Å². The highest BCUT2D eigenvalue weighted by atomic mass is 19.1. The maximum absolute atomic E-state index is 13.0. The van der Waals surface area contributed by atoms with Gasteiger partial charge in [0.05, 0.1) is 11.8 Å². The number of amides is 1. The van der Waals surface area contributed by atoms with E-state index >= 15 is 0 Å². The molecule has 0 heterocycles. The minimum atomic E-state index is -0.479. The third-order valence-corrected chi connectivity index (χ3v) is 3.48. The summed E-state index contributed by atoms with van der Waals surface area (Å²) in [5, 5.41) is 2.70. The van der Waals surface area contributed by atoms with Gasteiger partial charge in [0.2, 0.25) is 5.91 Å². The zero-order chi connectivity index (χ0) is 14.4. The normalized spacial score (nSPS) is 15.4. The average Bonchev–Trinajstić information content (AvgIpc) is 2.92. The van der Waals surface area contributed by atoms with E-state index in [0.717, 1.165) is 12.8 Å². The number of nitrogens with two attached hydrogens (primary N) is 1. The van der Waals surface area contributed by atoms with Crippen LogP contribution in [-0.2, 0) is 9.53 Å². The molecule has 0 aliphatic heterocycles. The summed E-state index contributed by atoms with van der Waals surface area (Å²) in [6.07, 6.45) is 6.24. The smallest absolute Gasteiger partial charge is 0.224 e. The highest BCUT2D eigenvalue weighted by Crippen LogP contribution is 2.21. The Morgan fingerprint density at radius 1 is 1.40 bits per heavy atom. The van der Waals surface area contributed by atoms with Gasteiger partial charge in [-0.3, -0.25) is 4.79 Å². The number of hydrogen-bond acceptors (Lipinski definition) is 3. The molecule has 110 valence electrons. The first-order valence-corrected chi connectivity index (χ1v) is 7.11. The fourth-order valence-corrected chi connectivity index (χ4v) is 2.38. The zero-order valence-corrected chi connectivity index (χ0v) is 11.5. The van der Waals surface area contributed by atoms with Crippen LogP contribution in [0.4, 0.5) is 15.8 Å². The fourth-order valence-electron chi connectivity index (χ4n) is 2.38. The lowest BCUT2D eigenvalue weighted by atomic mass is 10.2. The van der Waals surface area contributed by atoms with E-state index in [1.54, 1.807) is 0 Å². The van der Waals surface area contributed by atoms with Crippen LogP contribution in [0.15, 0.2) is 18.2 Å². The number of carbonyl (C=O) groups excluding carboxylic acids is 1. The lowest BCUT2D eigenvalue weighted by Gasteiger charge is -2.11. The average molecular weight is 280 g/mol. The Morgan fingerprint density at radius 3 is 2.85 bits per heavy atom. The summed E-state index contributed by atoms with van der Waals surface area (Å²) in [4.78, 5) is 11.7. The second-order valence-corrected chi connectivity index (χ2v) is 5.17.